The first kappa shape index (κ1) is 22.9. The molecule has 2 aromatic carbocycles. The maximum atomic E-state index is 13.0. The molecule has 0 aromatic heterocycles. The van der Waals surface area contributed by atoms with E-state index in [4.69, 9.17) is 4.74 Å². The lowest BCUT2D eigenvalue weighted by molar-refractivity contribution is -0.143. The van der Waals surface area contributed by atoms with Crippen LogP contribution in [0.15, 0.2) is 53.0 Å². The third-order valence-electron chi connectivity index (χ3n) is 4.58. The number of halogens is 1. The minimum Gasteiger partial charge on any atom is -0.484 e. The van der Waals surface area contributed by atoms with Crippen molar-refractivity contribution < 1.29 is 14.3 Å². The van der Waals surface area contributed by atoms with E-state index in [9.17, 15) is 9.59 Å². The average molecular weight is 461 g/mol. The molecular formula is C23H29BrN2O3. The number of carbonyl (C=O) groups is 2. The second-order valence-electron chi connectivity index (χ2n) is 6.96. The Morgan fingerprint density at radius 1 is 1.07 bits per heavy atom. The molecule has 5 nitrogen and oxygen atoms in total. The first-order valence-corrected chi connectivity index (χ1v) is 10.7. The molecule has 1 N–H and O–H groups in total. The molecular weight excluding hydrogens is 432 g/mol. The van der Waals surface area contributed by atoms with E-state index in [0.29, 0.717) is 25.3 Å². The second kappa shape index (κ2) is 11.6. The highest BCUT2D eigenvalue weighted by atomic mass is 79.9. The van der Waals surface area contributed by atoms with Crippen molar-refractivity contribution in [3.63, 3.8) is 0 Å². The molecule has 0 spiro atoms. The molecule has 0 bridgehead atoms. The lowest BCUT2D eigenvalue weighted by Crippen LogP contribution is -2.50. The maximum absolute atomic E-state index is 13.0. The van der Waals surface area contributed by atoms with Crippen molar-refractivity contribution in [3.05, 3.63) is 64.1 Å². The third-order valence-corrected chi connectivity index (χ3v) is 5.11. The van der Waals surface area contributed by atoms with E-state index in [1.54, 1.807) is 17.0 Å². The molecule has 0 fully saturated rings. The van der Waals surface area contributed by atoms with Crippen molar-refractivity contribution in [1.82, 2.24) is 10.2 Å². The summed E-state index contributed by atoms with van der Waals surface area (Å²) in [6.45, 7) is 6.78. The van der Waals surface area contributed by atoms with E-state index in [-0.39, 0.29) is 18.4 Å². The summed E-state index contributed by atoms with van der Waals surface area (Å²) in [7, 11) is 0. The molecule has 0 saturated carbocycles. The third kappa shape index (κ3) is 7.20. The van der Waals surface area contributed by atoms with Crippen LogP contribution in [0, 0.1) is 6.92 Å². The molecule has 2 rings (SSSR count). The number of ether oxygens (including phenoxy) is 1. The molecule has 2 amide bonds. The standard InChI is InChI=1S/C23H29BrN2O3/c1-4-14-25-23(28)21(5-2)26(15-18-8-6-17(3)7-9-18)22(27)16-29-20-12-10-19(24)11-13-20/h6-13,21H,4-5,14-16H2,1-3H3,(H,25,28)/t21-/m1/s1. The van der Waals surface area contributed by atoms with Crippen molar-refractivity contribution in [3.8, 4) is 5.75 Å². The summed E-state index contributed by atoms with van der Waals surface area (Å²) < 4.78 is 6.61. The minimum atomic E-state index is -0.538. The van der Waals surface area contributed by atoms with Crippen LogP contribution in [-0.2, 0) is 16.1 Å². The summed E-state index contributed by atoms with van der Waals surface area (Å²) in [5, 5.41) is 2.91. The summed E-state index contributed by atoms with van der Waals surface area (Å²) in [6, 6.07) is 14.8. The monoisotopic (exact) mass is 460 g/mol. The van der Waals surface area contributed by atoms with Gasteiger partial charge in [-0.25, -0.2) is 0 Å². The summed E-state index contributed by atoms with van der Waals surface area (Å²) in [5.41, 5.74) is 2.13. The van der Waals surface area contributed by atoms with Crippen molar-refractivity contribution in [2.24, 2.45) is 0 Å². The Kier molecular flexibility index (Phi) is 9.19. The molecule has 156 valence electrons. The number of rotatable bonds is 10. The molecule has 0 unspecified atom stereocenters. The Hall–Kier alpha value is -2.34. The summed E-state index contributed by atoms with van der Waals surface area (Å²) >= 11 is 3.38. The molecule has 1 atom stereocenters. The number of carbonyl (C=O) groups excluding carboxylic acids is 2. The first-order chi connectivity index (χ1) is 13.9. The van der Waals surface area contributed by atoms with Gasteiger partial charge in [-0.15, -0.1) is 0 Å². The van der Waals surface area contributed by atoms with Crippen LogP contribution in [0.2, 0.25) is 0 Å². The van der Waals surface area contributed by atoms with E-state index in [2.05, 4.69) is 21.2 Å². The van der Waals surface area contributed by atoms with Crippen molar-refractivity contribution in [2.75, 3.05) is 13.2 Å². The van der Waals surface area contributed by atoms with E-state index >= 15 is 0 Å². The molecule has 0 heterocycles. The predicted molar refractivity (Wildman–Crippen MR) is 119 cm³/mol. The van der Waals surface area contributed by atoms with Crippen LogP contribution in [-0.4, -0.2) is 35.9 Å². The number of amides is 2. The Morgan fingerprint density at radius 3 is 2.31 bits per heavy atom. The van der Waals surface area contributed by atoms with Gasteiger partial charge in [0.25, 0.3) is 5.91 Å². The van der Waals surface area contributed by atoms with Crippen LogP contribution in [0.1, 0.15) is 37.8 Å². The zero-order chi connectivity index (χ0) is 21.2. The van der Waals surface area contributed by atoms with Gasteiger partial charge in [-0.1, -0.05) is 59.6 Å². The van der Waals surface area contributed by atoms with Gasteiger partial charge >= 0.3 is 0 Å². The van der Waals surface area contributed by atoms with Gasteiger partial charge in [0.1, 0.15) is 11.8 Å². The Bertz CT molecular complexity index is 791. The Morgan fingerprint density at radius 2 is 1.72 bits per heavy atom. The zero-order valence-electron chi connectivity index (χ0n) is 17.3. The number of nitrogens with zero attached hydrogens (tertiary/aromatic N) is 1. The number of aryl methyl sites for hydroxylation is 1. The number of hydrogen-bond donors (Lipinski definition) is 1. The lowest BCUT2D eigenvalue weighted by atomic mass is 10.1. The molecule has 2 aromatic rings. The Labute approximate surface area is 181 Å². The maximum Gasteiger partial charge on any atom is 0.261 e. The fourth-order valence-corrected chi connectivity index (χ4v) is 3.20. The molecule has 0 aliphatic rings. The van der Waals surface area contributed by atoms with Crippen LogP contribution >= 0.6 is 15.9 Å². The number of hydrogen-bond acceptors (Lipinski definition) is 3. The van der Waals surface area contributed by atoms with Gasteiger partial charge in [0.15, 0.2) is 6.61 Å². The summed E-state index contributed by atoms with van der Waals surface area (Å²) in [5.74, 6) is 0.269. The van der Waals surface area contributed by atoms with Crippen LogP contribution < -0.4 is 10.1 Å². The molecule has 0 saturated heterocycles. The quantitative estimate of drug-likeness (QED) is 0.568. The zero-order valence-corrected chi connectivity index (χ0v) is 18.9. The summed E-state index contributed by atoms with van der Waals surface area (Å²) in [6.07, 6.45) is 1.38. The van der Waals surface area contributed by atoms with Crippen LogP contribution in [0.5, 0.6) is 5.75 Å². The van der Waals surface area contributed by atoms with Gasteiger partial charge in [-0.3, -0.25) is 9.59 Å². The van der Waals surface area contributed by atoms with E-state index in [1.807, 2.05) is 57.2 Å². The fraction of sp³-hybridized carbons (Fsp3) is 0.391. The number of benzene rings is 2. The highest BCUT2D eigenvalue weighted by Crippen LogP contribution is 2.17. The van der Waals surface area contributed by atoms with Crippen LogP contribution in [0.3, 0.4) is 0 Å². The van der Waals surface area contributed by atoms with Crippen LogP contribution in [0.4, 0.5) is 0 Å². The highest BCUT2D eigenvalue weighted by molar-refractivity contribution is 9.10. The van der Waals surface area contributed by atoms with Crippen molar-refractivity contribution in [1.29, 1.82) is 0 Å². The van der Waals surface area contributed by atoms with E-state index in [0.717, 1.165) is 22.0 Å². The van der Waals surface area contributed by atoms with Gasteiger partial charge in [-0.05, 0) is 49.6 Å². The van der Waals surface area contributed by atoms with Crippen LogP contribution in [0.25, 0.3) is 0 Å². The van der Waals surface area contributed by atoms with Crippen molar-refractivity contribution in [2.45, 2.75) is 46.2 Å². The fourth-order valence-electron chi connectivity index (χ4n) is 2.93. The van der Waals surface area contributed by atoms with Gasteiger partial charge in [0.2, 0.25) is 5.91 Å². The first-order valence-electron chi connectivity index (χ1n) is 9.95. The average Bonchev–Trinajstić information content (AvgIpc) is 2.72. The molecule has 0 radical (unpaired) electrons. The van der Waals surface area contributed by atoms with Gasteiger partial charge in [-0.2, -0.15) is 0 Å². The van der Waals surface area contributed by atoms with E-state index in [1.165, 1.54) is 0 Å². The van der Waals surface area contributed by atoms with Gasteiger partial charge < -0.3 is 15.0 Å². The van der Waals surface area contributed by atoms with E-state index < -0.39 is 6.04 Å². The van der Waals surface area contributed by atoms with Gasteiger partial charge in [0.05, 0.1) is 0 Å². The Balaban J connectivity index is 2.16. The molecule has 0 aliphatic carbocycles. The minimum absolute atomic E-state index is 0.120. The van der Waals surface area contributed by atoms with Gasteiger partial charge in [0, 0.05) is 17.6 Å². The summed E-state index contributed by atoms with van der Waals surface area (Å²) in [4.78, 5) is 27.3. The predicted octanol–water partition coefficient (Wildman–Crippen LogP) is 4.47. The molecule has 0 aliphatic heterocycles. The molecule has 29 heavy (non-hydrogen) atoms. The molecule has 6 heteroatoms. The largest absolute Gasteiger partial charge is 0.484 e. The van der Waals surface area contributed by atoms with Crippen molar-refractivity contribution >= 4 is 27.7 Å². The normalized spacial score (nSPS) is 11.6. The smallest absolute Gasteiger partial charge is 0.261 e. The SMILES string of the molecule is CCCNC(=O)[C@@H](CC)N(Cc1ccc(C)cc1)C(=O)COc1ccc(Br)cc1. The number of nitrogens with one attached hydrogen (secondary N) is 1. The lowest BCUT2D eigenvalue weighted by Gasteiger charge is -2.30. The second-order valence-corrected chi connectivity index (χ2v) is 7.88. The topological polar surface area (TPSA) is 58.6 Å². The highest BCUT2D eigenvalue weighted by Gasteiger charge is 2.28.